The molecule has 3 aromatic heterocycles. The number of fused-ring (bicyclic) bond motifs is 2. The van der Waals surface area contributed by atoms with Crippen molar-refractivity contribution in [2.45, 2.75) is 26.2 Å². The molecule has 0 aliphatic carbocycles. The molecular formula is C24H31N7O2. The molecular weight excluding hydrogens is 418 g/mol. The number of H-pyrrole nitrogens is 1. The molecule has 0 atom stereocenters. The van der Waals surface area contributed by atoms with E-state index in [2.05, 4.69) is 38.8 Å². The summed E-state index contributed by atoms with van der Waals surface area (Å²) in [7, 11) is 3.34. The van der Waals surface area contributed by atoms with Gasteiger partial charge in [0, 0.05) is 55.5 Å². The van der Waals surface area contributed by atoms with E-state index in [1.54, 1.807) is 14.2 Å². The monoisotopic (exact) mass is 449 g/mol. The molecule has 0 aliphatic heterocycles. The molecule has 4 rings (SSSR count). The minimum Gasteiger partial charge on any atom is -0.497 e. The summed E-state index contributed by atoms with van der Waals surface area (Å²) in [5.74, 6) is 3.33. The highest BCUT2D eigenvalue weighted by Crippen LogP contribution is 2.31. The van der Waals surface area contributed by atoms with E-state index in [1.807, 2.05) is 40.9 Å². The highest BCUT2D eigenvalue weighted by Gasteiger charge is 2.09. The van der Waals surface area contributed by atoms with E-state index in [-0.39, 0.29) is 0 Å². The van der Waals surface area contributed by atoms with Gasteiger partial charge in [0.25, 0.3) is 0 Å². The molecule has 0 saturated heterocycles. The van der Waals surface area contributed by atoms with Crippen LogP contribution < -0.4 is 20.1 Å². The Hall–Kier alpha value is -3.75. The van der Waals surface area contributed by atoms with Crippen molar-refractivity contribution in [1.82, 2.24) is 30.2 Å². The van der Waals surface area contributed by atoms with E-state index in [0.29, 0.717) is 0 Å². The van der Waals surface area contributed by atoms with Crippen LogP contribution in [0.5, 0.6) is 11.5 Å². The summed E-state index contributed by atoms with van der Waals surface area (Å²) in [6.45, 7) is 4.32. The summed E-state index contributed by atoms with van der Waals surface area (Å²) in [5.41, 5.74) is 3.03. The van der Waals surface area contributed by atoms with Crippen molar-refractivity contribution in [3.8, 4) is 11.5 Å². The zero-order valence-electron chi connectivity index (χ0n) is 19.4. The highest BCUT2D eigenvalue weighted by atomic mass is 16.5. The number of rotatable bonds is 10. The number of guanidine groups is 1. The predicted molar refractivity (Wildman–Crippen MR) is 130 cm³/mol. The van der Waals surface area contributed by atoms with Crippen molar-refractivity contribution in [2.24, 2.45) is 4.99 Å². The normalized spacial score (nSPS) is 11.8. The fraction of sp³-hybridized carbons (Fsp3) is 0.375. The number of aryl methyl sites for hydroxylation is 1. The highest BCUT2D eigenvalue weighted by molar-refractivity contribution is 5.88. The largest absolute Gasteiger partial charge is 0.497 e. The van der Waals surface area contributed by atoms with Crippen molar-refractivity contribution in [3.63, 3.8) is 0 Å². The van der Waals surface area contributed by atoms with Crippen LogP contribution in [0.1, 0.15) is 24.9 Å². The maximum atomic E-state index is 5.51. The van der Waals surface area contributed by atoms with E-state index in [9.17, 15) is 0 Å². The maximum Gasteiger partial charge on any atom is 0.191 e. The third-order valence-corrected chi connectivity index (χ3v) is 5.43. The summed E-state index contributed by atoms with van der Waals surface area (Å²) in [4.78, 5) is 8.19. The second-order valence-electron chi connectivity index (χ2n) is 7.67. The molecule has 0 spiro atoms. The van der Waals surface area contributed by atoms with E-state index in [0.717, 1.165) is 84.4 Å². The number of nitrogens with one attached hydrogen (secondary N) is 3. The van der Waals surface area contributed by atoms with Crippen LogP contribution in [0, 0.1) is 0 Å². The Balaban J connectivity index is 1.31. The molecule has 174 valence electrons. The molecule has 9 heteroatoms. The van der Waals surface area contributed by atoms with Gasteiger partial charge in [0.2, 0.25) is 0 Å². The molecule has 0 unspecified atom stereocenters. The number of pyridine rings is 1. The van der Waals surface area contributed by atoms with Crippen molar-refractivity contribution in [1.29, 1.82) is 0 Å². The Morgan fingerprint density at radius 1 is 1.09 bits per heavy atom. The van der Waals surface area contributed by atoms with Gasteiger partial charge in [0.05, 0.1) is 19.7 Å². The Morgan fingerprint density at radius 2 is 2.00 bits per heavy atom. The summed E-state index contributed by atoms with van der Waals surface area (Å²) >= 11 is 0. The first kappa shape index (κ1) is 22.4. The molecule has 0 aliphatic rings. The lowest BCUT2D eigenvalue weighted by Crippen LogP contribution is -2.38. The quantitative estimate of drug-likeness (QED) is 0.196. The van der Waals surface area contributed by atoms with Gasteiger partial charge in [0.15, 0.2) is 11.6 Å². The number of methoxy groups -OCH3 is 2. The number of benzene rings is 1. The van der Waals surface area contributed by atoms with Gasteiger partial charge >= 0.3 is 0 Å². The average Bonchev–Trinajstić information content (AvgIpc) is 3.45. The lowest BCUT2D eigenvalue weighted by atomic mass is 10.2. The number of aromatic amines is 1. The van der Waals surface area contributed by atoms with Crippen LogP contribution in [-0.2, 0) is 12.8 Å². The topological polar surface area (TPSA) is 101 Å². The molecule has 3 heterocycles. The number of ether oxygens (including phenoxy) is 2. The SMILES string of the molecule is CCNC(=NCCCc1cc2c(OC)cc(OC)cc2[nH]1)NCCc1nnc2ccccn12. The molecule has 0 radical (unpaired) electrons. The van der Waals surface area contributed by atoms with Gasteiger partial charge in [0.1, 0.15) is 17.3 Å². The van der Waals surface area contributed by atoms with Crippen molar-refractivity contribution in [3.05, 3.63) is 54.1 Å². The number of aromatic nitrogens is 4. The van der Waals surface area contributed by atoms with Gasteiger partial charge in [-0.25, -0.2) is 0 Å². The number of nitrogens with zero attached hydrogens (tertiary/aromatic N) is 4. The third kappa shape index (κ3) is 5.36. The summed E-state index contributed by atoms with van der Waals surface area (Å²) in [6.07, 6.45) is 4.57. The van der Waals surface area contributed by atoms with Crippen LogP contribution in [0.4, 0.5) is 0 Å². The van der Waals surface area contributed by atoms with Crippen LogP contribution in [0.2, 0.25) is 0 Å². The van der Waals surface area contributed by atoms with Crippen LogP contribution in [0.15, 0.2) is 47.6 Å². The molecule has 0 bridgehead atoms. The lowest BCUT2D eigenvalue weighted by Gasteiger charge is -2.10. The van der Waals surface area contributed by atoms with E-state index >= 15 is 0 Å². The third-order valence-electron chi connectivity index (χ3n) is 5.43. The maximum absolute atomic E-state index is 5.51. The fourth-order valence-electron chi connectivity index (χ4n) is 3.81. The number of hydrogen-bond acceptors (Lipinski definition) is 5. The lowest BCUT2D eigenvalue weighted by molar-refractivity contribution is 0.398. The molecule has 0 fully saturated rings. The molecule has 0 saturated carbocycles. The zero-order valence-corrected chi connectivity index (χ0v) is 19.4. The van der Waals surface area contributed by atoms with Crippen molar-refractivity contribution in [2.75, 3.05) is 33.9 Å². The molecule has 3 N–H and O–H groups in total. The predicted octanol–water partition coefficient (Wildman–Crippen LogP) is 2.96. The molecule has 4 aromatic rings. The molecule has 9 nitrogen and oxygen atoms in total. The van der Waals surface area contributed by atoms with Gasteiger partial charge in [-0.15, -0.1) is 10.2 Å². The average molecular weight is 450 g/mol. The second-order valence-corrected chi connectivity index (χ2v) is 7.67. The molecule has 1 aromatic carbocycles. The minimum atomic E-state index is 0.721. The Labute approximate surface area is 193 Å². The van der Waals surface area contributed by atoms with Crippen LogP contribution >= 0.6 is 0 Å². The van der Waals surface area contributed by atoms with E-state index < -0.39 is 0 Å². The van der Waals surface area contributed by atoms with Gasteiger partial charge in [-0.05, 0) is 38.0 Å². The smallest absolute Gasteiger partial charge is 0.191 e. The van der Waals surface area contributed by atoms with Crippen LogP contribution in [-0.4, -0.2) is 59.4 Å². The standard InChI is InChI=1S/C24H31N7O2/c1-4-25-24(27-12-10-23-30-29-22-9-5-6-13-31(22)23)26-11-7-8-17-14-19-20(28-17)15-18(32-2)16-21(19)33-3/h5-6,9,13-16,28H,4,7-8,10-12H2,1-3H3,(H2,25,26,27). The Kier molecular flexibility index (Phi) is 7.29. The van der Waals surface area contributed by atoms with Crippen LogP contribution in [0.3, 0.4) is 0 Å². The summed E-state index contributed by atoms with van der Waals surface area (Å²) in [6, 6.07) is 11.9. The van der Waals surface area contributed by atoms with Crippen LogP contribution in [0.25, 0.3) is 16.6 Å². The second kappa shape index (κ2) is 10.7. The zero-order chi connectivity index (χ0) is 23.0. The van der Waals surface area contributed by atoms with Gasteiger partial charge in [-0.1, -0.05) is 6.07 Å². The molecule has 33 heavy (non-hydrogen) atoms. The fourth-order valence-corrected chi connectivity index (χ4v) is 3.81. The van der Waals surface area contributed by atoms with E-state index in [4.69, 9.17) is 14.5 Å². The van der Waals surface area contributed by atoms with E-state index in [1.165, 1.54) is 0 Å². The minimum absolute atomic E-state index is 0.721. The van der Waals surface area contributed by atoms with Gasteiger partial charge in [-0.3, -0.25) is 9.39 Å². The van der Waals surface area contributed by atoms with Crippen molar-refractivity contribution < 1.29 is 9.47 Å². The Morgan fingerprint density at radius 3 is 2.82 bits per heavy atom. The number of aliphatic imine (C=N–C) groups is 1. The van der Waals surface area contributed by atoms with Crippen molar-refractivity contribution >= 4 is 22.5 Å². The first-order chi connectivity index (χ1) is 16.2. The summed E-state index contributed by atoms with van der Waals surface area (Å²) in [5, 5.41) is 16.2. The number of hydrogen-bond donors (Lipinski definition) is 3. The van der Waals surface area contributed by atoms with Gasteiger partial charge < -0.3 is 25.1 Å². The first-order valence-corrected chi connectivity index (χ1v) is 11.3. The molecule has 0 amide bonds. The van der Waals surface area contributed by atoms with Gasteiger partial charge in [-0.2, -0.15) is 0 Å². The first-order valence-electron chi connectivity index (χ1n) is 11.3. The Bertz CT molecular complexity index is 1230. The summed E-state index contributed by atoms with van der Waals surface area (Å²) < 4.78 is 12.9.